The molecule has 0 aliphatic heterocycles. The van der Waals surface area contributed by atoms with Crippen LogP contribution in [0.25, 0.3) is 21.5 Å². The molecule has 0 saturated heterocycles. The third kappa shape index (κ3) is 3.95. The Morgan fingerprint density at radius 1 is 1.21 bits per heavy atom. The van der Waals surface area contributed by atoms with E-state index in [1.165, 1.54) is 18.4 Å². The summed E-state index contributed by atoms with van der Waals surface area (Å²) in [5.74, 6) is -0.422. The number of nitrogen functional groups attached to an aromatic ring is 1. The third-order valence-electron chi connectivity index (χ3n) is 4.12. The number of aromatic nitrogens is 2. The van der Waals surface area contributed by atoms with Gasteiger partial charge in [-0.25, -0.2) is 15.4 Å². The molecule has 2 amide bonds. The number of thiophene rings is 1. The minimum atomic E-state index is -0.376. The molecule has 28 heavy (non-hydrogen) atoms. The van der Waals surface area contributed by atoms with E-state index in [1.54, 1.807) is 18.2 Å². The van der Waals surface area contributed by atoms with E-state index < -0.39 is 0 Å². The average Bonchev–Trinajstić information content (AvgIpc) is 3.10. The molecule has 0 spiro atoms. The summed E-state index contributed by atoms with van der Waals surface area (Å²) in [6.45, 7) is 4.53. The molecule has 1 aromatic carbocycles. The van der Waals surface area contributed by atoms with Gasteiger partial charge in [-0.2, -0.15) is 0 Å². The number of hydrogen-bond acceptors (Lipinski definition) is 7. The molecule has 3 aromatic rings. The van der Waals surface area contributed by atoms with Crippen molar-refractivity contribution < 1.29 is 14.4 Å². The van der Waals surface area contributed by atoms with Crippen LogP contribution in [0, 0.1) is 6.92 Å². The molecule has 0 aliphatic carbocycles. The molecule has 3 rings (SSSR count). The SMILES string of the molecule is CCCNC(=O)c1ccc(C)c(-c2nc(N)nc3sc(C(=O)NOC)cc23)c1. The van der Waals surface area contributed by atoms with Crippen LogP contribution in [-0.2, 0) is 4.84 Å². The Bertz CT molecular complexity index is 1050. The number of anilines is 1. The van der Waals surface area contributed by atoms with Crippen molar-refractivity contribution in [1.29, 1.82) is 0 Å². The van der Waals surface area contributed by atoms with Gasteiger partial charge in [0, 0.05) is 23.1 Å². The largest absolute Gasteiger partial charge is 0.368 e. The highest BCUT2D eigenvalue weighted by Gasteiger charge is 2.18. The molecule has 0 unspecified atom stereocenters. The van der Waals surface area contributed by atoms with Gasteiger partial charge in [-0.1, -0.05) is 13.0 Å². The molecular formula is C19H21N5O3S. The fraction of sp³-hybridized carbons (Fsp3) is 0.263. The van der Waals surface area contributed by atoms with Gasteiger partial charge in [0.05, 0.1) is 17.7 Å². The van der Waals surface area contributed by atoms with Gasteiger partial charge in [0.2, 0.25) is 5.95 Å². The summed E-state index contributed by atoms with van der Waals surface area (Å²) in [4.78, 5) is 38.8. The number of carbonyl (C=O) groups is 2. The Morgan fingerprint density at radius 3 is 2.71 bits per heavy atom. The number of nitrogens with one attached hydrogen (secondary N) is 2. The summed E-state index contributed by atoms with van der Waals surface area (Å²) in [6, 6.07) is 7.13. The first-order valence-corrected chi connectivity index (χ1v) is 9.55. The van der Waals surface area contributed by atoms with Gasteiger partial charge in [0.1, 0.15) is 4.83 Å². The van der Waals surface area contributed by atoms with Crippen LogP contribution in [0.1, 0.15) is 38.9 Å². The molecule has 0 fully saturated rings. The number of nitrogens with two attached hydrogens (primary N) is 1. The van der Waals surface area contributed by atoms with E-state index in [4.69, 9.17) is 5.73 Å². The highest BCUT2D eigenvalue weighted by atomic mass is 32.1. The van der Waals surface area contributed by atoms with Crippen LogP contribution in [0.15, 0.2) is 24.3 Å². The van der Waals surface area contributed by atoms with E-state index in [2.05, 4.69) is 25.6 Å². The Kier molecular flexibility index (Phi) is 5.86. The summed E-state index contributed by atoms with van der Waals surface area (Å²) >= 11 is 1.19. The van der Waals surface area contributed by atoms with Gasteiger partial charge < -0.3 is 11.1 Å². The van der Waals surface area contributed by atoms with Gasteiger partial charge >= 0.3 is 0 Å². The van der Waals surface area contributed by atoms with Crippen LogP contribution in [0.2, 0.25) is 0 Å². The maximum Gasteiger partial charge on any atom is 0.284 e. The molecular weight excluding hydrogens is 378 g/mol. The number of aryl methyl sites for hydroxylation is 1. The van der Waals surface area contributed by atoms with Crippen LogP contribution in [-0.4, -0.2) is 35.4 Å². The van der Waals surface area contributed by atoms with Crippen LogP contribution >= 0.6 is 11.3 Å². The Balaban J connectivity index is 2.12. The molecule has 9 heteroatoms. The van der Waals surface area contributed by atoms with Crippen LogP contribution < -0.4 is 16.5 Å². The van der Waals surface area contributed by atoms with Crippen molar-refractivity contribution in [3.8, 4) is 11.3 Å². The minimum Gasteiger partial charge on any atom is -0.368 e. The lowest BCUT2D eigenvalue weighted by Crippen LogP contribution is -2.24. The van der Waals surface area contributed by atoms with E-state index >= 15 is 0 Å². The zero-order valence-corrected chi connectivity index (χ0v) is 16.6. The van der Waals surface area contributed by atoms with Crippen molar-refractivity contribution in [2.75, 3.05) is 19.4 Å². The second-order valence-corrected chi connectivity index (χ2v) is 7.21. The molecule has 8 nitrogen and oxygen atoms in total. The van der Waals surface area contributed by atoms with E-state index in [1.807, 2.05) is 19.9 Å². The summed E-state index contributed by atoms with van der Waals surface area (Å²) in [5.41, 5.74) is 11.0. The maximum atomic E-state index is 12.4. The molecule has 0 radical (unpaired) electrons. The van der Waals surface area contributed by atoms with E-state index in [0.717, 1.165) is 17.5 Å². The van der Waals surface area contributed by atoms with Gasteiger partial charge in [-0.05, 0) is 37.1 Å². The summed E-state index contributed by atoms with van der Waals surface area (Å²) in [7, 11) is 1.37. The van der Waals surface area contributed by atoms with Crippen LogP contribution in [0.5, 0.6) is 0 Å². The number of hydroxylamine groups is 1. The molecule has 4 N–H and O–H groups in total. The van der Waals surface area contributed by atoms with Gasteiger partial charge in [0.25, 0.3) is 11.8 Å². The summed E-state index contributed by atoms with van der Waals surface area (Å²) in [6.07, 6.45) is 0.856. The molecule has 146 valence electrons. The average molecular weight is 399 g/mol. The van der Waals surface area contributed by atoms with Crippen molar-refractivity contribution in [2.45, 2.75) is 20.3 Å². The van der Waals surface area contributed by atoms with E-state index in [9.17, 15) is 9.59 Å². The number of hydrogen-bond donors (Lipinski definition) is 3. The molecule has 0 saturated carbocycles. The van der Waals surface area contributed by atoms with Gasteiger partial charge in [-0.3, -0.25) is 14.4 Å². The predicted octanol–water partition coefficient (Wildman–Crippen LogP) is 2.68. The molecule has 2 heterocycles. The number of benzene rings is 1. The van der Waals surface area contributed by atoms with Crippen molar-refractivity contribution in [2.24, 2.45) is 0 Å². The molecule has 0 atom stereocenters. The lowest BCUT2D eigenvalue weighted by Gasteiger charge is -2.10. The quantitative estimate of drug-likeness (QED) is 0.548. The maximum absolute atomic E-state index is 12.4. The first-order chi connectivity index (χ1) is 13.4. The summed E-state index contributed by atoms with van der Waals surface area (Å²) < 4.78 is 0. The fourth-order valence-corrected chi connectivity index (χ4v) is 3.68. The zero-order valence-electron chi connectivity index (χ0n) is 15.8. The van der Waals surface area contributed by atoms with Crippen LogP contribution in [0.4, 0.5) is 5.95 Å². The van der Waals surface area contributed by atoms with Crippen molar-refractivity contribution in [1.82, 2.24) is 20.8 Å². The number of amides is 2. The second kappa shape index (κ2) is 8.32. The third-order valence-corrected chi connectivity index (χ3v) is 5.15. The van der Waals surface area contributed by atoms with Crippen molar-refractivity contribution >= 4 is 39.3 Å². The van der Waals surface area contributed by atoms with Gasteiger partial charge in [0.15, 0.2) is 0 Å². The van der Waals surface area contributed by atoms with Crippen LogP contribution in [0.3, 0.4) is 0 Å². The lowest BCUT2D eigenvalue weighted by atomic mass is 10.00. The van der Waals surface area contributed by atoms with E-state index in [0.29, 0.717) is 32.9 Å². The number of carbonyl (C=O) groups excluding carboxylic acids is 2. The Labute approximate surface area is 166 Å². The number of rotatable bonds is 6. The predicted molar refractivity (Wildman–Crippen MR) is 109 cm³/mol. The minimum absolute atomic E-state index is 0.100. The fourth-order valence-electron chi connectivity index (χ4n) is 2.76. The zero-order chi connectivity index (χ0) is 20.3. The number of fused-ring (bicyclic) bond motifs is 1. The summed E-state index contributed by atoms with van der Waals surface area (Å²) in [5, 5.41) is 3.56. The van der Waals surface area contributed by atoms with Crippen molar-refractivity contribution in [3.05, 3.63) is 40.3 Å². The number of nitrogens with zero attached hydrogens (tertiary/aromatic N) is 2. The first kappa shape index (κ1) is 19.7. The van der Waals surface area contributed by atoms with Gasteiger partial charge in [-0.15, -0.1) is 11.3 Å². The normalized spacial score (nSPS) is 10.8. The van der Waals surface area contributed by atoms with E-state index in [-0.39, 0.29) is 17.8 Å². The molecule has 2 aromatic heterocycles. The Hall–Kier alpha value is -3.04. The molecule has 0 aliphatic rings. The second-order valence-electron chi connectivity index (χ2n) is 6.18. The van der Waals surface area contributed by atoms with Crippen molar-refractivity contribution in [3.63, 3.8) is 0 Å². The Morgan fingerprint density at radius 2 is 2.00 bits per heavy atom. The smallest absolute Gasteiger partial charge is 0.284 e. The highest BCUT2D eigenvalue weighted by Crippen LogP contribution is 2.34. The lowest BCUT2D eigenvalue weighted by molar-refractivity contribution is 0.0542. The topological polar surface area (TPSA) is 119 Å². The standard InChI is InChI=1S/C19H21N5O3S/c1-4-7-21-16(25)11-6-5-10(2)12(8-11)15-13-9-14(17(26)24-27-3)28-18(13)23-19(20)22-15/h5-6,8-9H,4,7H2,1-3H3,(H,21,25)(H,24,26)(H2,20,22,23). The first-order valence-electron chi connectivity index (χ1n) is 8.74. The monoisotopic (exact) mass is 399 g/mol. The highest BCUT2D eigenvalue weighted by molar-refractivity contribution is 7.20. The molecule has 0 bridgehead atoms.